The van der Waals surface area contributed by atoms with Crippen LogP contribution in [0.4, 0.5) is 0 Å². The fourth-order valence-corrected chi connectivity index (χ4v) is 4.03. The lowest BCUT2D eigenvalue weighted by Crippen LogP contribution is -2.35. The van der Waals surface area contributed by atoms with E-state index >= 15 is 0 Å². The topological polar surface area (TPSA) is 25.0 Å². The molecule has 0 aromatic carbocycles. The fraction of sp³-hybridized carbons (Fsp3) is 1.00. The molecule has 23 heavy (non-hydrogen) atoms. The molecule has 0 amide bonds. The third-order valence-corrected chi connectivity index (χ3v) is 5.30. The van der Waals surface area contributed by atoms with E-state index in [9.17, 15) is 0 Å². The Hall–Kier alpha value is -0.200. The van der Waals surface area contributed by atoms with Crippen molar-refractivity contribution >= 4 is 0 Å². The first-order chi connectivity index (χ1) is 10.9. The van der Waals surface area contributed by atoms with Gasteiger partial charge in [-0.2, -0.15) is 0 Å². The average Bonchev–Trinajstić information content (AvgIpc) is 2.86. The summed E-state index contributed by atoms with van der Waals surface area (Å²) in [5.74, 6) is 1.93. The summed E-state index contributed by atoms with van der Waals surface area (Å²) in [4.78, 5) is 9.58. The Kier molecular flexibility index (Phi) is 9.01. The molecule has 3 unspecified atom stereocenters. The highest BCUT2D eigenvalue weighted by Gasteiger charge is 2.56. The summed E-state index contributed by atoms with van der Waals surface area (Å²) in [5, 5.41) is 3.21. The van der Waals surface area contributed by atoms with Crippen LogP contribution in [0.3, 0.4) is 0 Å². The van der Waals surface area contributed by atoms with E-state index < -0.39 is 0 Å². The van der Waals surface area contributed by atoms with Gasteiger partial charge in [-0.15, -0.1) is 0 Å². The van der Waals surface area contributed by atoms with Gasteiger partial charge in [0.25, 0.3) is 0 Å². The van der Waals surface area contributed by atoms with Gasteiger partial charge in [-0.05, 0) is 67.1 Å². The fourth-order valence-electron chi connectivity index (χ4n) is 4.03. The molecule has 3 fully saturated rings. The number of likely N-dealkylation sites (tertiary alicyclic amines) is 2. The number of piperidine rings is 1. The van der Waals surface area contributed by atoms with Gasteiger partial charge in [-0.25, -0.2) is 0 Å². The second kappa shape index (κ2) is 9.94. The number of hydrogen-bond acceptors (Lipinski definition) is 5. The summed E-state index contributed by atoms with van der Waals surface area (Å²) in [5.41, 5.74) is 0. The monoisotopic (exact) mass is 327 g/mol. The number of rotatable bonds is 4. The maximum absolute atomic E-state index is 3.21. The lowest BCUT2D eigenvalue weighted by molar-refractivity contribution is 0.241. The van der Waals surface area contributed by atoms with Gasteiger partial charge in [-0.1, -0.05) is 13.8 Å². The third-order valence-electron chi connectivity index (χ3n) is 5.30. The molecule has 1 saturated carbocycles. The molecule has 2 saturated heterocycles. The zero-order chi connectivity index (χ0) is 17.6. The Labute approximate surface area is 145 Å². The molecular formula is C18H41N5. The first kappa shape index (κ1) is 20.8. The van der Waals surface area contributed by atoms with Gasteiger partial charge in [0.05, 0.1) is 0 Å². The molecule has 0 bridgehead atoms. The number of fused-ring (bicyclic) bond motifs is 1. The second-order valence-corrected chi connectivity index (χ2v) is 7.50. The second-order valence-electron chi connectivity index (χ2n) is 7.50. The Morgan fingerprint density at radius 2 is 1.52 bits per heavy atom. The molecule has 2 aliphatic heterocycles. The van der Waals surface area contributed by atoms with Crippen LogP contribution in [0.15, 0.2) is 0 Å². The molecule has 5 nitrogen and oxygen atoms in total. The normalized spacial score (nSPS) is 33.1. The van der Waals surface area contributed by atoms with Crippen molar-refractivity contribution in [2.24, 2.45) is 11.8 Å². The van der Waals surface area contributed by atoms with Crippen LogP contribution in [0, 0.1) is 11.8 Å². The summed E-state index contributed by atoms with van der Waals surface area (Å²) >= 11 is 0. The lowest BCUT2D eigenvalue weighted by Gasteiger charge is -2.21. The molecule has 0 aromatic heterocycles. The van der Waals surface area contributed by atoms with Crippen molar-refractivity contribution in [1.29, 1.82) is 0 Å². The molecule has 5 heteroatoms. The van der Waals surface area contributed by atoms with Gasteiger partial charge in [0.2, 0.25) is 0 Å². The van der Waals surface area contributed by atoms with Gasteiger partial charge in [0.1, 0.15) is 0 Å². The zero-order valence-electron chi connectivity index (χ0n) is 16.8. The van der Waals surface area contributed by atoms with E-state index in [1.165, 1.54) is 32.6 Å². The van der Waals surface area contributed by atoms with Gasteiger partial charge < -0.3 is 20.0 Å². The highest BCUT2D eigenvalue weighted by atomic mass is 15.3. The van der Waals surface area contributed by atoms with Gasteiger partial charge in [-0.3, -0.25) is 4.90 Å². The zero-order valence-corrected chi connectivity index (χ0v) is 16.8. The summed E-state index contributed by atoms with van der Waals surface area (Å²) in [6, 6.07) is 1.69. The van der Waals surface area contributed by atoms with E-state index in [1.54, 1.807) is 0 Å². The molecule has 3 aliphatic rings. The lowest BCUT2D eigenvalue weighted by atomic mass is 10.2. The van der Waals surface area contributed by atoms with Gasteiger partial charge in [0, 0.05) is 38.4 Å². The minimum atomic E-state index is 0.801. The smallest absolute Gasteiger partial charge is 0.0478 e. The van der Waals surface area contributed by atoms with Crippen LogP contribution in [-0.4, -0.2) is 107 Å². The van der Waals surface area contributed by atoms with E-state index in [0.717, 1.165) is 30.6 Å². The van der Waals surface area contributed by atoms with Crippen LogP contribution >= 0.6 is 0 Å². The Morgan fingerprint density at radius 3 is 1.83 bits per heavy atom. The highest BCUT2D eigenvalue weighted by Crippen LogP contribution is 2.47. The first-order valence-electron chi connectivity index (χ1n) is 9.32. The number of nitrogens with zero attached hydrogens (tertiary/aromatic N) is 4. The molecule has 0 aromatic rings. The van der Waals surface area contributed by atoms with E-state index in [-0.39, 0.29) is 0 Å². The Bertz CT molecular complexity index is 309. The van der Waals surface area contributed by atoms with Crippen molar-refractivity contribution in [3.05, 3.63) is 0 Å². The van der Waals surface area contributed by atoms with Crippen LogP contribution < -0.4 is 5.32 Å². The standard InChI is InChI=1S/C9H19N3.C7H16N2.C2H6/c1-10-6-12-4-7-8(5-12)9(7)11(2)3;1-8(2)7-4-5-9(3)6-7;1-2/h7-10H,4-6H2,1-3H3;7H,4-6H2,1-3H3;1-2H3. The molecule has 138 valence electrons. The SMILES string of the molecule is CC.CN1CCC(N(C)C)C1.CNCN1CC2C(C1)C2N(C)C. The third kappa shape index (κ3) is 5.98. The summed E-state index contributed by atoms with van der Waals surface area (Å²) in [7, 11) is 12.9. The number of nitrogens with one attached hydrogen (secondary N) is 1. The van der Waals surface area contributed by atoms with Gasteiger partial charge >= 0.3 is 0 Å². The van der Waals surface area contributed by atoms with Crippen molar-refractivity contribution in [2.75, 3.05) is 75.1 Å². The van der Waals surface area contributed by atoms with E-state index in [4.69, 9.17) is 0 Å². The largest absolute Gasteiger partial charge is 0.307 e. The molecule has 0 radical (unpaired) electrons. The highest BCUT2D eigenvalue weighted by molar-refractivity contribution is 5.09. The molecule has 2 heterocycles. The maximum Gasteiger partial charge on any atom is 0.0478 e. The quantitative estimate of drug-likeness (QED) is 0.828. The van der Waals surface area contributed by atoms with Crippen LogP contribution in [0.5, 0.6) is 0 Å². The average molecular weight is 328 g/mol. The van der Waals surface area contributed by atoms with E-state index in [1.807, 2.05) is 20.9 Å². The molecule has 3 atom stereocenters. The van der Waals surface area contributed by atoms with E-state index in [2.05, 4.69) is 60.2 Å². The minimum absolute atomic E-state index is 0.801. The Morgan fingerprint density at radius 1 is 0.957 bits per heavy atom. The molecule has 1 N–H and O–H groups in total. The molecule has 0 spiro atoms. The van der Waals surface area contributed by atoms with Crippen molar-refractivity contribution < 1.29 is 0 Å². The van der Waals surface area contributed by atoms with Crippen LogP contribution in [0.25, 0.3) is 0 Å². The molecule has 1 aliphatic carbocycles. The van der Waals surface area contributed by atoms with Crippen molar-refractivity contribution in [2.45, 2.75) is 32.4 Å². The first-order valence-corrected chi connectivity index (χ1v) is 9.32. The molecule has 3 rings (SSSR count). The predicted molar refractivity (Wildman–Crippen MR) is 101 cm³/mol. The minimum Gasteiger partial charge on any atom is -0.307 e. The van der Waals surface area contributed by atoms with Gasteiger partial charge in [0.15, 0.2) is 0 Å². The number of likely N-dealkylation sites (N-methyl/N-ethyl adjacent to an activating group) is 2. The summed E-state index contributed by atoms with van der Waals surface area (Å²) in [6.07, 6.45) is 1.34. The summed E-state index contributed by atoms with van der Waals surface area (Å²) in [6.45, 7) is 10.2. The summed E-state index contributed by atoms with van der Waals surface area (Å²) < 4.78 is 0. The van der Waals surface area contributed by atoms with Crippen molar-refractivity contribution in [3.8, 4) is 0 Å². The maximum atomic E-state index is 3.21. The van der Waals surface area contributed by atoms with E-state index in [0.29, 0.717) is 0 Å². The number of hydrogen-bond donors (Lipinski definition) is 1. The molecular weight excluding hydrogens is 286 g/mol. The van der Waals surface area contributed by atoms with Crippen molar-refractivity contribution in [1.82, 2.24) is 24.9 Å². The van der Waals surface area contributed by atoms with Crippen LogP contribution in [0.2, 0.25) is 0 Å². The Balaban J connectivity index is 0.000000215. The predicted octanol–water partition coefficient (Wildman–Crippen LogP) is 0.933. The van der Waals surface area contributed by atoms with Crippen LogP contribution in [0.1, 0.15) is 20.3 Å². The van der Waals surface area contributed by atoms with Crippen LogP contribution in [-0.2, 0) is 0 Å². The van der Waals surface area contributed by atoms with Crippen molar-refractivity contribution in [3.63, 3.8) is 0 Å².